The van der Waals surface area contributed by atoms with Crippen LogP contribution >= 0.6 is 23.2 Å². The minimum absolute atomic E-state index is 0.503. The van der Waals surface area contributed by atoms with Crippen LogP contribution in [0.15, 0.2) is 18.2 Å². The minimum Gasteiger partial charge on any atom is -0.368 e. The molecular weight excluding hydrogens is 277 g/mol. The first-order valence-corrected chi connectivity index (χ1v) is 8.32. The number of hydrogen-bond donors (Lipinski definition) is 0. The molecule has 1 aliphatic carbocycles. The van der Waals surface area contributed by atoms with Crippen molar-refractivity contribution in [3.8, 4) is 0 Å². The van der Waals surface area contributed by atoms with Crippen LogP contribution in [0.1, 0.15) is 44.1 Å². The fourth-order valence-electron chi connectivity index (χ4n) is 3.87. The van der Waals surface area contributed by atoms with Crippen LogP contribution < -0.4 is 4.90 Å². The molecule has 0 spiro atoms. The van der Waals surface area contributed by atoms with Crippen molar-refractivity contribution < 1.29 is 0 Å². The fraction of sp³-hybridized carbons (Fsp3) is 0.625. The zero-order valence-electron chi connectivity index (χ0n) is 11.2. The van der Waals surface area contributed by atoms with E-state index < -0.39 is 0 Å². The van der Waals surface area contributed by atoms with E-state index in [2.05, 4.69) is 17.0 Å². The molecule has 1 aromatic carbocycles. The average molecular weight is 298 g/mol. The predicted octanol–water partition coefficient (Wildman–Crippen LogP) is 5.24. The van der Waals surface area contributed by atoms with Gasteiger partial charge in [-0.15, -0.1) is 11.6 Å². The van der Waals surface area contributed by atoms with Gasteiger partial charge >= 0.3 is 0 Å². The van der Waals surface area contributed by atoms with Crippen molar-refractivity contribution in [2.75, 3.05) is 11.4 Å². The van der Waals surface area contributed by atoms with E-state index in [0.29, 0.717) is 11.9 Å². The Morgan fingerprint density at radius 3 is 2.74 bits per heavy atom. The topological polar surface area (TPSA) is 3.24 Å². The van der Waals surface area contributed by atoms with Crippen molar-refractivity contribution in [1.82, 2.24) is 0 Å². The molecule has 1 heterocycles. The monoisotopic (exact) mass is 297 g/mol. The van der Waals surface area contributed by atoms with Crippen LogP contribution in [0.4, 0.5) is 5.69 Å². The summed E-state index contributed by atoms with van der Waals surface area (Å²) in [6, 6.07) is 6.91. The third-order valence-electron chi connectivity index (χ3n) is 4.78. The number of anilines is 1. The second-order valence-electron chi connectivity index (χ2n) is 5.82. The van der Waals surface area contributed by atoms with Crippen molar-refractivity contribution in [1.29, 1.82) is 0 Å². The summed E-state index contributed by atoms with van der Waals surface area (Å²) in [6.07, 6.45) is 8.21. The van der Waals surface area contributed by atoms with Crippen molar-refractivity contribution in [2.24, 2.45) is 5.92 Å². The third-order valence-corrected chi connectivity index (χ3v) is 5.40. The molecule has 1 aliphatic heterocycles. The van der Waals surface area contributed by atoms with E-state index in [0.717, 1.165) is 23.0 Å². The highest BCUT2D eigenvalue weighted by atomic mass is 35.5. The van der Waals surface area contributed by atoms with Crippen LogP contribution in [-0.4, -0.2) is 12.6 Å². The number of fused-ring (bicyclic) bond motifs is 1. The third kappa shape index (κ3) is 2.60. The normalized spacial score (nSPS) is 27.2. The van der Waals surface area contributed by atoms with E-state index in [1.54, 1.807) is 0 Å². The second kappa shape index (κ2) is 5.93. The van der Waals surface area contributed by atoms with Gasteiger partial charge in [-0.1, -0.05) is 30.5 Å². The van der Waals surface area contributed by atoms with E-state index in [4.69, 9.17) is 23.2 Å². The number of benzene rings is 1. The Labute approximate surface area is 125 Å². The lowest BCUT2D eigenvalue weighted by molar-refractivity contribution is 0.243. The van der Waals surface area contributed by atoms with Crippen LogP contribution in [0.2, 0.25) is 5.02 Å². The molecule has 1 saturated carbocycles. The lowest BCUT2D eigenvalue weighted by Gasteiger charge is -2.46. The summed E-state index contributed by atoms with van der Waals surface area (Å²) in [5.41, 5.74) is 2.39. The molecule has 19 heavy (non-hydrogen) atoms. The van der Waals surface area contributed by atoms with Crippen molar-refractivity contribution in [3.63, 3.8) is 0 Å². The molecule has 2 aliphatic rings. The highest BCUT2D eigenvalue weighted by Crippen LogP contribution is 2.40. The van der Waals surface area contributed by atoms with Crippen molar-refractivity contribution >= 4 is 28.9 Å². The van der Waals surface area contributed by atoms with Crippen LogP contribution in [0.25, 0.3) is 0 Å². The standard InChI is InChI=1S/C16H21Cl2N/c17-11-13-14(18)7-3-9-16(13)19-10-4-6-12-5-1-2-8-15(12)19/h3,7,9,12,15H,1-2,4-6,8,10-11H2. The van der Waals surface area contributed by atoms with Crippen LogP contribution in [-0.2, 0) is 5.88 Å². The molecule has 0 N–H and O–H groups in total. The largest absolute Gasteiger partial charge is 0.368 e. The van der Waals surface area contributed by atoms with Crippen molar-refractivity contribution in [2.45, 2.75) is 50.4 Å². The van der Waals surface area contributed by atoms with Crippen LogP contribution in [0, 0.1) is 5.92 Å². The van der Waals surface area contributed by atoms with Gasteiger partial charge in [0.15, 0.2) is 0 Å². The zero-order valence-corrected chi connectivity index (χ0v) is 12.8. The number of halogens is 2. The summed E-state index contributed by atoms with van der Waals surface area (Å²) >= 11 is 12.4. The number of nitrogens with zero attached hydrogens (tertiary/aromatic N) is 1. The number of alkyl halides is 1. The van der Waals surface area contributed by atoms with E-state index in [1.165, 1.54) is 44.2 Å². The maximum Gasteiger partial charge on any atom is 0.0509 e. The molecule has 2 atom stereocenters. The molecule has 0 amide bonds. The van der Waals surface area contributed by atoms with Gasteiger partial charge in [0.1, 0.15) is 0 Å². The van der Waals surface area contributed by atoms with Gasteiger partial charge in [0.25, 0.3) is 0 Å². The van der Waals surface area contributed by atoms with E-state index >= 15 is 0 Å². The Kier molecular flexibility index (Phi) is 4.24. The molecule has 1 aromatic rings. The number of piperidine rings is 1. The molecule has 3 heteroatoms. The number of rotatable bonds is 2. The predicted molar refractivity (Wildman–Crippen MR) is 83.3 cm³/mol. The van der Waals surface area contributed by atoms with Gasteiger partial charge in [-0.25, -0.2) is 0 Å². The molecule has 0 radical (unpaired) electrons. The van der Waals surface area contributed by atoms with Crippen molar-refractivity contribution in [3.05, 3.63) is 28.8 Å². The molecule has 0 bridgehead atoms. The smallest absolute Gasteiger partial charge is 0.0509 e. The molecule has 2 fully saturated rings. The fourth-order valence-corrected chi connectivity index (χ4v) is 4.46. The maximum atomic E-state index is 6.31. The Morgan fingerprint density at radius 2 is 1.89 bits per heavy atom. The highest BCUT2D eigenvalue weighted by Gasteiger charge is 2.34. The maximum absolute atomic E-state index is 6.31. The molecule has 104 valence electrons. The number of hydrogen-bond acceptors (Lipinski definition) is 1. The first-order chi connectivity index (χ1) is 9.31. The molecule has 3 rings (SSSR count). The zero-order chi connectivity index (χ0) is 13.2. The quantitative estimate of drug-likeness (QED) is 0.675. The first kappa shape index (κ1) is 13.6. The van der Waals surface area contributed by atoms with Gasteiger partial charge in [-0.3, -0.25) is 0 Å². The second-order valence-corrected chi connectivity index (χ2v) is 6.49. The summed E-state index contributed by atoms with van der Waals surface area (Å²) in [5, 5.41) is 0.811. The molecule has 2 unspecified atom stereocenters. The van der Waals surface area contributed by atoms with Gasteiger partial charge in [0, 0.05) is 28.9 Å². The van der Waals surface area contributed by atoms with Gasteiger partial charge in [-0.05, 0) is 43.7 Å². The summed E-state index contributed by atoms with van der Waals surface area (Å²) in [7, 11) is 0. The van der Waals surface area contributed by atoms with E-state index in [1.807, 2.05) is 6.07 Å². The lowest BCUT2D eigenvalue weighted by atomic mass is 9.78. The summed E-state index contributed by atoms with van der Waals surface area (Å²) < 4.78 is 0. The highest BCUT2D eigenvalue weighted by molar-refractivity contribution is 6.32. The molecule has 1 nitrogen and oxygen atoms in total. The Morgan fingerprint density at radius 1 is 1.11 bits per heavy atom. The average Bonchev–Trinajstić information content (AvgIpc) is 2.46. The Balaban J connectivity index is 1.94. The van der Waals surface area contributed by atoms with Gasteiger partial charge in [-0.2, -0.15) is 0 Å². The summed E-state index contributed by atoms with van der Waals surface area (Å²) in [6.45, 7) is 1.16. The Hall–Kier alpha value is -0.400. The summed E-state index contributed by atoms with van der Waals surface area (Å²) in [5.74, 6) is 1.38. The van der Waals surface area contributed by atoms with Crippen LogP contribution in [0.5, 0.6) is 0 Å². The first-order valence-electron chi connectivity index (χ1n) is 7.41. The van der Waals surface area contributed by atoms with Crippen LogP contribution in [0.3, 0.4) is 0 Å². The molecule has 1 saturated heterocycles. The molecular formula is C16H21Cl2N. The summed E-state index contributed by atoms with van der Waals surface area (Å²) in [4.78, 5) is 2.59. The van der Waals surface area contributed by atoms with Gasteiger partial charge in [0.2, 0.25) is 0 Å². The Bertz CT molecular complexity index is 444. The minimum atomic E-state index is 0.503. The van der Waals surface area contributed by atoms with E-state index in [-0.39, 0.29) is 0 Å². The SMILES string of the molecule is ClCc1c(Cl)cccc1N1CCCC2CCCCC21. The van der Waals surface area contributed by atoms with Gasteiger partial charge < -0.3 is 4.90 Å². The van der Waals surface area contributed by atoms with E-state index in [9.17, 15) is 0 Å². The lowest BCUT2D eigenvalue weighted by Crippen LogP contribution is -2.47. The molecule has 0 aromatic heterocycles. The van der Waals surface area contributed by atoms with Gasteiger partial charge in [0.05, 0.1) is 5.88 Å².